The Morgan fingerprint density at radius 1 is 0.868 bits per heavy atom. The van der Waals surface area contributed by atoms with Crippen molar-refractivity contribution >= 4 is 78.3 Å². The maximum absolute atomic E-state index is 13.3. The minimum Gasteiger partial charge on any atom is -0.381 e. The van der Waals surface area contributed by atoms with Crippen LogP contribution in [0.1, 0.15) is 54.2 Å². The summed E-state index contributed by atoms with van der Waals surface area (Å²) in [7, 11) is 1.75. The number of anilines is 3. The Morgan fingerprint density at radius 2 is 1.66 bits per heavy atom. The summed E-state index contributed by atoms with van der Waals surface area (Å²) in [6.45, 7) is 6.49. The second-order valence-electron chi connectivity index (χ2n) is 15.5. The number of fused-ring (bicyclic) bond motifs is 8. The summed E-state index contributed by atoms with van der Waals surface area (Å²) in [5, 5.41) is 11.1. The predicted molar refractivity (Wildman–Crippen MR) is 207 cm³/mol. The molecule has 14 heteroatoms. The highest BCUT2D eigenvalue weighted by atomic mass is 32.1. The van der Waals surface area contributed by atoms with E-state index < -0.39 is 11.9 Å². The van der Waals surface area contributed by atoms with E-state index in [1.807, 2.05) is 6.07 Å². The van der Waals surface area contributed by atoms with Crippen LogP contribution in [0.25, 0.3) is 32.0 Å². The highest BCUT2D eigenvalue weighted by Crippen LogP contribution is 2.42. The van der Waals surface area contributed by atoms with Crippen molar-refractivity contribution in [2.24, 2.45) is 13.0 Å². The van der Waals surface area contributed by atoms with Crippen molar-refractivity contribution in [2.75, 3.05) is 60.9 Å². The summed E-state index contributed by atoms with van der Waals surface area (Å²) < 4.78 is 4.27. The number of hydrogen-bond donors (Lipinski definition) is 3. The van der Waals surface area contributed by atoms with Crippen LogP contribution in [0.15, 0.2) is 47.3 Å². The van der Waals surface area contributed by atoms with Gasteiger partial charge < -0.3 is 20.4 Å². The number of aromatic nitrogens is 3. The molecule has 13 nitrogen and oxygen atoms in total. The fourth-order valence-corrected chi connectivity index (χ4v) is 10.8. The van der Waals surface area contributed by atoms with Crippen molar-refractivity contribution in [1.82, 2.24) is 29.7 Å². The maximum Gasteiger partial charge on any atom is 0.329 e. The first kappa shape index (κ1) is 32.7. The van der Waals surface area contributed by atoms with Crippen molar-refractivity contribution in [3.63, 3.8) is 0 Å². The van der Waals surface area contributed by atoms with Crippen molar-refractivity contribution in [3.8, 4) is 0 Å². The van der Waals surface area contributed by atoms with Gasteiger partial charge in [-0.05, 0) is 80.5 Å². The lowest BCUT2D eigenvalue weighted by molar-refractivity contribution is -0.135. The Kier molecular flexibility index (Phi) is 7.76. The number of imidazole rings is 1. The van der Waals surface area contributed by atoms with Crippen LogP contribution >= 0.6 is 11.3 Å². The normalized spacial score (nSPS) is 24.1. The number of thiophene rings is 1. The smallest absolute Gasteiger partial charge is 0.329 e. The molecule has 10 rings (SSSR count). The number of piperidine rings is 2. The fourth-order valence-electron chi connectivity index (χ4n) is 9.74. The molecule has 2 aromatic carbocycles. The predicted octanol–water partition coefficient (Wildman–Crippen LogP) is 3.81. The Balaban J connectivity index is 0.801. The van der Waals surface area contributed by atoms with E-state index in [0.717, 1.165) is 99.7 Å². The molecule has 3 atom stereocenters. The third-order valence-corrected chi connectivity index (χ3v) is 13.5. The van der Waals surface area contributed by atoms with E-state index in [9.17, 15) is 19.2 Å². The average Bonchev–Trinajstić information content (AvgIpc) is 3.70. The molecule has 5 aromatic rings. The number of piperazine rings is 1. The van der Waals surface area contributed by atoms with Gasteiger partial charge in [0.1, 0.15) is 16.7 Å². The van der Waals surface area contributed by atoms with Crippen molar-refractivity contribution < 1.29 is 14.4 Å². The quantitative estimate of drug-likeness (QED) is 0.231. The Labute approximate surface area is 309 Å². The second-order valence-corrected chi connectivity index (χ2v) is 16.5. The minimum absolute atomic E-state index is 0.00336. The Hall–Kier alpha value is -4.95. The van der Waals surface area contributed by atoms with Gasteiger partial charge >= 0.3 is 5.69 Å². The van der Waals surface area contributed by atoms with Gasteiger partial charge in [0.25, 0.3) is 5.91 Å². The molecule has 0 spiro atoms. The third-order valence-electron chi connectivity index (χ3n) is 12.3. The molecule has 5 aliphatic rings. The van der Waals surface area contributed by atoms with Gasteiger partial charge in [-0.1, -0.05) is 0 Å². The van der Waals surface area contributed by atoms with Crippen LogP contribution in [-0.4, -0.2) is 94.6 Å². The van der Waals surface area contributed by atoms with Gasteiger partial charge in [0.2, 0.25) is 11.8 Å². The number of carbonyl (C=O) groups is 3. The van der Waals surface area contributed by atoms with E-state index in [1.165, 1.54) is 12.8 Å². The first-order valence-electron chi connectivity index (χ1n) is 19.0. The minimum atomic E-state index is -0.677. The fraction of sp³-hybridized carbons (Fsp3) is 0.462. The summed E-state index contributed by atoms with van der Waals surface area (Å²) in [5.74, 6) is 0.995. The third kappa shape index (κ3) is 5.39. The molecule has 53 heavy (non-hydrogen) atoms. The number of hydrogen-bond acceptors (Lipinski definition) is 10. The van der Waals surface area contributed by atoms with Crippen LogP contribution in [0.4, 0.5) is 17.2 Å². The molecule has 3 aromatic heterocycles. The van der Waals surface area contributed by atoms with Crippen LogP contribution in [0, 0.1) is 5.92 Å². The first-order valence-corrected chi connectivity index (χ1v) is 19.8. The average molecular weight is 734 g/mol. The standard InChI is InChI=1S/C39H43N9O4S/c1-44-30-18-23(4-7-28(30)48(39(44)52)29-8-11-33(49)43-37(29)50)46-16-12-22(13-17-46)19-45-20-24-2-3-25(21-45)47(24)32-10-5-26-27(42-32)6-9-31-34(26)35-36(53-31)38(51)41-15-14-40-35/h4-7,9-10,18,22,24-25,29,40H,2-3,8,11-17,19-21H2,1H3,(H,41,51)(H,43,49,50). The van der Waals surface area contributed by atoms with Gasteiger partial charge in [0.05, 0.1) is 22.2 Å². The molecule has 5 aliphatic heterocycles. The Morgan fingerprint density at radius 3 is 2.45 bits per heavy atom. The van der Waals surface area contributed by atoms with Gasteiger partial charge in [0, 0.05) is 92.5 Å². The van der Waals surface area contributed by atoms with E-state index in [4.69, 9.17) is 4.98 Å². The second kappa shape index (κ2) is 12.6. The monoisotopic (exact) mass is 733 g/mol. The highest BCUT2D eigenvalue weighted by Gasteiger charge is 2.41. The van der Waals surface area contributed by atoms with E-state index in [1.54, 1.807) is 27.5 Å². The molecule has 274 valence electrons. The maximum atomic E-state index is 13.3. The number of aryl methyl sites for hydroxylation is 1. The van der Waals surface area contributed by atoms with E-state index in [0.29, 0.717) is 37.5 Å². The summed E-state index contributed by atoms with van der Waals surface area (Å²) >= 11 is 1.55. The van der Waals surface area contributed by atoms with Gasteiger partial charge in [-0.15, -0.1) is 11.3 Å². The number of rotatable bonds is 5. The number of imide groups is 1. The molecular weight excluding hydrogens is 691 g/mol. The lowest BCUT2D eigenvalue weighted by atomic mass is 9.95. The van der Waals surface area contributed by atoms with Crippen molar-refractivity contribution in [1.29, 1.82) is 0 Å². The number of nitrogens with zero attached hydrogens (tertiary/aromatic N) is 6. The molecular formula is C39H43N9O4S. The van der Waals surface area contributed by atoms with E-state index in [2.05, 4.69) is 67.0 Å². The van der Waals surface area contributed by atoms with E-state index in [-0.39, 0.29) is 23.9 Å². The molecule has 2 bridgehead atoms. The van der Waals surface area contributed by atoms with E-state index >= 15 is 0 Å². The lowest BCUT2D eigenvalue weighted by Crippen LogP contribution is -2.55. The highest BCUT2D eigenvalue weighted by molar-refractivity contribution is 7.21. The molecule has 4 fully saturated rings. The zero-order valence-electron chi connectivity index (χ0n) is 29.8. The number of likely N-dealkylation sites (tertiary alicyclic amines) is 1. The summed E-state index contributed by atoms with van der Waals surface area (Å²) in [5.41, 5.74) is 4.29. The lowest BCUT2D eigenvalue weighted by Gasteiger charge is -2.44. The summed E-state index contributed by atoms with van der Waals surface area (Å²) in [4.78, 5) is 64.0. The summed E-state index contributed by atoms with van der Waals surface area (Å²) in [6, 6.07) is 14.9. The SMILES string of the molecule is Cn1c(=O)n(C2CCC(=O)NC2=O)c2ccc(N3CCC(CN4CC5CCC(C4)N5c4ccc5c(ccc6sc7c(c65)NCCNC7=O)n4)CC3)cc21. The molecule has 3 amide bonds. The number of carbonyl (C=O) groups excluding carboxylic acids is 3. The topological polar surface area (TPSA) is 137 Å². The van der Waals surface area contributed by atoms with Crippen LogP contribution in [0.5, 0.6) is 0 Å². The van der Waals surface area contributed by atoms with Gasteiger partial charge in [-0.25, -0.2) is 9.78 Å². The van der Waals surface area contributed by atoms with Crippen LogP contribution < -0.4 is 31.4 Å². The van der Waals surface area contributed by atoms with Crippen LogP contribution in [0.2, 0.25) is 0 Å². The first-order chi connectivity index (χ1) is 25.8. The van der Waals surface area contributed by atoms with Crippen LogP contribution in [0.3, 0.4) is 0 Å². The van der Waals surface area contributed by atoms with Crippen molar-refractivity contribution in [3.05, 3.63) is 57.8 Å². The van der Waals surface area contributed by atoms with Gasteiger partial charge in [-0.2, -0.15) is 0 Å². The van der Waals surface area contributed by atoms with Crippen molar-refractivity contribution in [2.45, 2.75) is 56.7 Å². The Bertz CT molecular complexity index is 2380. The molecule has 3 unspecified atom stereocenters. The number of pyridine rings is 1. The summed E-state index contributed by atoms with van der Waals surface area (Å²) in [6.07, 6.45) is 5.17. The zero-order chi connectivity index (χ0) is 36.0. The number of amides is 3. The zero-order valence-corrected chi connectivity index (χ0v) is 30.6. The van der Waals surface area contributed by atoms with Gasteiger partial charge in [-0.3, -0.25) is 33.7 Å². The van der Waals surface area contributed by atoms with Gasteiger partial charge in [0.15, 0.2) is 0 Å². The molecule has 0 aliphatic carbocycles. The largest absolute Gasteiger partial charge is 0.381 e. The number of nitrogens with one attached hydrogen (secondary N) is 3. The number of benzene rings is 2. The molecule has 0 saturated carbocycles. The van der Waals surface area contributed by atoms with Crippen LogP contribution in [-0.2, 0) is 16.6 Å². The molecule has 0 radical (unpaired) electrons. The molecule has 8 heterocycles. The molecule has 3 N–H and O–H groups in total. The molecule has 4 saturated heterocycles.